The lowest BCUT2D eigenvalue weighted by Crippen LogP contribution is -2.25. The van der Waals surface area contributed by atoms with Gasteiger partial charge in [-0.2, -0.15) is 0 Å². The van der Waals surface area contributed by atoms with Crippen molar-refractivity contribution in [1.82, 2.24) is 9.97 Å². The lowest BCUT2D eigenvalue weighted by Gasteiger charge is -2.23. The number of halogens is 1. The van der Waals surface area contributed by atoms with Gasteiger partial charge in [-0.05, 0) is 12.8 Å². The molecule has 3 nitrogen and oxygen atoms in total. The van der Waals surface area contributed by atoms with Crippen LogP contribution in [0.5, 0.6) is 0 Å². The Balaban J connectivity index is 3.13. The van der Waals surface area contributed by atoms with E-state index >= 15 is 0 Å². The van der Waals surface area contributed by atoms with Gasteiger partial charge in [0.1, 0.15) is 16.8 Å². The molecule has 0 atom stereocenters. The van der Waals surface area contributed by atoms with Gasteiger partial charge in [0.2, 0.25) is 0 Å². The Hall–Kier alpha value is -0.830. The molecular weight excluding hydrogens is 234 g/mol. The van der Waals surface area contributed by atoms with E-state index in [2.05, 4.69) is 49.6 Å². The van der Waals surface area contributed by atoms with Crippen LogP contribution in [0.3, 0.4) is 0 Å². The van der Waals surface area contributed by atoms with E-state index in [1.807, 2.05) is 6.92 Å². The molecule has 17 heavy (non-hydrogen) atoms. The largest absolute Gasteiger partial charge is 0.359 e. The quantitative estimate of drug-likeness (QED) is 0.769. The van der Waals surface area contributed by atoms with Gasteiger partial charge in [-0.15, -0.1) is 0 Å². The summed E-state index contributed by atoms with van der Waals surface area (Å²) in [5.74, 6) is 2.64. The second-order valence-electron chi connectivity index (χ2n) is 5.25. The molecule has 0 saturated heterocycles. The van der Waals surface area contributed by atoms with Crippen LogP contribution in [0.2, 0.25) is 5.15 Å². The predicted octanol–water partition coefficient (Wildman–Crippen LogP) is 3.65. The van der Waals surface area contributed by atoms with Gasteiger partial charge in [-0.1, -0.05) is 39.3 Å². The van der Waals surface area contributed by atoms with Crippen LogP contribution in [0.15, 0.2) is 0 Å². The number of hydrogen-bond acceptors (Lipinski definition) is 3. The maximum atomic E-state index is 6.17. The highest BCUT2D eigenvalue weighted by Gasteiger charge is 2.15. The Labute approximate surface area is 109 Å². The lowest BCUT2D eigenvalue weighted by atomic mass is 10.2. The van der Waals surface area contributed by atoms with Gasteiger partial charge in [-0.25, -0.2) is 9.97 Å². The summed E-state index contributed by atoms with van der Waals surface area (Å²) in [6.45, 7) is 11.5. The standard InChI is InChI=1S/C13H22ClN3/c1-8(2)7-17(6)13-10(5)11(14)15-12(16-13)9(3)4/h8-9H,7H2,1-6H3. The molecule has 0 aliphatic carbocycles. The van der Waals surface area contributed by atoms with Crippen LogP contribution >= 0.6 is 11.6 Å². The molecule has 0 spiro atoms. The first-order valence-corrected chi connectivity index (χ1v) is 6.45. The van der Waals surface area contributed by atoms with Crippen LogP contribution in [-0.2, 0) is 0 Å². The van der Waals surface area contributed by atoms with E-state index < -0.39 is 0 Å². The zero-order valence-electron chi connectivity index (χ0n) is 11.6. The highest BCUT2D eigenvalue weighted by atomic mass is 35.5. The second-order valence-corrected chi connectivity index (χ2v) is 5.61. The van der Waals surface area contributed by atoms with Crippen molar-refractivity contribution >= 4 is 17.4 Å². The molecule has 1 aromatic heterocycles. The molecule has 0 amide bonds. The molecule has 0 aliphatic heterocycles. The van der Waals surface area contributed by atoms with Crippen LogP contribution in [0, 0.1) is 12.8 Å². The SMILES string of the molecule is Cc1c(Cl)nc(C(C)C)nc1N(C)CC(C)C. The molecule has 1 aromatic rings. The highest BCUT2D eigenvalue weighted by molar-refractivity contribution is 6.30. The lowest BCUT2D eigenvalue weighted by molar-refractivity contribution is 0.630. The number of hydrogen-bond donors (Lipinski definition) is 0. The fraction of sp³-hybridized carbons (Fsp3) is 0.692. The third kappa shape index (κ3) is 3.56. The number of aromatic nitrogens is 2. The van der Waals surface area contributed by atoms with Crippen LogP contribution in [0.1, 0.15) is 45.0 Å². The minimum absolute atomic E-state index is 0.291. The summed E-state index contributed by atoms with van der Waals surface area (Å²) in [5, 5.41) is 0.564. The third-order valence-corrected chi connectivity index (χ3v) is 2.96. The second kappa shape index (κ2) is 5.67. The Morgan fingerprint density at radius 3 is 2.24 bits per heavy atom. The number of anilines is 1. The minimum atomic E-state index is 0.291. The minimum Gasteiger partial charge on any atom is -0.359 e. The molecule has 0 unspecified atom stereocenters. The molecule has 0 bridgehead atoms. The Kier molecular flexibility index (Phi) is 4.75. The summed E-state index contributed by atoms with van der Waals surface area (Å²) in [7, 11) is 2.05. The first-order chi connectivity index (χ1) is 7.82. The van der Waals surface area contributed by atoms with E-state index in [1.54, 1.807) is 0 Å². The number of nitrogens with zero attached hydrogens (tertiary/aromatic N) is 3. The van der Waals surface area contributed by atoms with Crippen molar-refractivity contribution in [1.29, 1.82) is 0 Å². The summed E-state index contributed by atoms with van der Waals surface area (Å²) < 4.78 is 0. The van der Waals surface area contributed by atoms with E-state index in [0.717, 1.165) is 23.8 Å². The molecular formula is C13H22ClN3. The van der Waals surface area contributed by atoms with Crippen molar-refractivity contribution in [2.75, 3.05) is 18.5 Å². The maximum Gasteiger partial charge on any atom is 0.137 e. The van der Waals surface area contributed by atoms with Crippen molar-refractivity contribution in [2.45, 2.75) is 40.5 Å². The van der Waals surface area contributed by atoms with E-state index in [9.17, 15) is 0 Å². The summed E-state index contributed by atoms with van der Waals surface area (Å²) >= 11 is 6.17. The zero-order valence-corrected chi connectivity index (χ0v) is 12.3. The first kappa shape index (κ1) is 14.2. The highest BCUT2D eigenvalue weighted by Crippen LogP contribution is 2.25. The van der Waals surface area contributed by atoms with Gasteiger partial charge < -0.3 is 4.90 Å². The normalized spacial score (nSPS) is 11.4. The van der Waals surface area contributed by atoms with Crippen molar-refractivity contribution in [3.63, 3.8) is 0 Å². The molecule has 1 heterocycles. The molecule has 0 fully saturated rings. The third-order valence-electron chi connectivity index (χ3n) is 2.59. The average molecular weight is 256 g/mol. The molecule has 0 aliphatic rings. The monoisotopic (exact) mass is 255 g/mol. The predicted molar refractivity (Wildman–Crippen MR) is 74.0 cm³/mol. The van der Waals surface area contributed by atoms with Crippen molar-refractivity contribution in [3.8, 4) is 0 Å². The molecule has 0 N–H and O–H groups in total. The van der Waals surface area contributed by atoms with Gasteiger partial charge in [-0.3, -0.25) is 0 Å². The van der Waals surface area contributed by atoms with Crippen molar-refractivity contribution in [3.05, 3.63) is 16.5 Å². The summed E-state index contributed by atoms with van der Waals surface area (Å²) in [4.78, 5) is 11.1. The number of rotatable bonds is 4. The Morgan fingerprint density at radius 1 is 1.18 bits per heavy atom. The molecule has 0 aromatic carbocycles. The van der Waals surface area contributed by atoms with Crippen molar-refractivity contribution in [2.24, 2.45) is 5.92 Å². The summed E-state index contributed by atoms with van der Waals surface area (Å²) in [6, 6.07) is 0. The summed E-state index contributed by atoms with van der Waals surface area (Å²) in [5.41, 5.74) is 0.958. The van der Waals surface area contributed by atoms with E-state index in [0.29, 0.717) is 17.0 Å². The maximum absolute atomic E-state index is 6.17. The van der Waals surface area contributed by atoms with Gasteiger partial charge >= 0.3 is 0 Å². The molecule has 4 heteroatoms. The molecule has 0 saturated carbocycles. The van der Waals surface area contributed by atoms with Gasteiger partial charge in [0.15, 0.2) is 0 Å². The van der Waals surface area contributed by atoms with Crippen LogP contribution in [0.25, 0.3) is 0 Å². The Morgan fingerprint density at radius 2 is 1.76 bits per heavy atom. The molecule has 1 rings (SSSR count). The van der Waals surface area contributed by atoms with Gasteiger partial charge in [0, 0.05) is 25.1 Å². The van der Waals surface area contributed by atoms with Gasteiger partial charge in [0.05, 0.1) is 0 Å². The summed E-state index contributed by atoms with van der Waals surface area (Å²) in [6.07, 6.45) is 0. The van der Waals surface area contributed by atoms with E-state index in [-0.39, 0.29) is 0 Å². The fourth-order valence-corrected chi connectivity index (χ4v) is 1.93. The van der Waals surface area contributed by atoms with Gasteiger partial charge in [0.25, 0.3) is 0 Å². The van der Waals surface area contributed by atoms with E-state index in [1.165, 1.54) is 0 Å². The molecule has 0 radical (unpaired) electrons. The fourth-order valence-electron chi connectivity index (χ4n) is 1.76. The Bertz CT molecular complexity index is 388. The smallest absolute Gasteiger partial charge is 0.137 e. The molecule has 96 valence electrons. The van der Waals surface area contributed by atoms with Crippen LogP contribution < -0.4 is 4.90 Å². The van der Waals surface area contributed by atoms with Crippen molar-refractivity contribution < 1.29 is 0 Å². The van der Waals surface area contributed by atoms with E-state index in [4.69, 9.17) is 11.6 Å². The van der Waals surface area contributed by atoms with Crippen LogP contribution in [0.4, 0.5) is 5.82 Å². The zero-order chi connectivity index (χ0) is 13.2. The average Bonchev–Trinajstić information content (AvgIpc) is 2.20. The van der Waals surface area contributed by atoms with Crippen LogP contribution in [-0.4, -0.2) is 23.6 Å². The topological polar surface area (TPSA) is 29.0 Å². The first-order valence-electron chi connectivity index (χ1n) is 6.08.